The predicted molar refractivity (Wildman–Crippen MR) is 120 cm³/mol. The number of hydrogen-bond donors (Lipinski definition) is 1. The van der Waals surface area contributed by atoms with Gasteiger partial charge in [0.25, 0.3) is 5.91 Å². The molecule has 3 rings (SSSR count). The Labute approximate surface area is 183 Å². The van der Waals surface area contributed by atoms with E-state index in [1.807, 2.05) is 18.2 Å². The van der Waals surface area contributed by atoms with Crippen LogP contribution in [0.3, 0.4) is 0 Å². The first-order valence-electron chi connectivity index (χ1n) is 10.2. The van der Waals surface area contributed by atoms with Crippen molar-refractivity contribution in [2.75, 3.05) is 34.5 Å². The van der Waals surface area contributed by atoms with Crippen molar-refractivity contribution < 1.29 is 23.7 Å². The van der Waals surface area contributed by atoms with Gasteiger partial charge in [-0.1, -0.05) is 43.0 Å². The van der Waals surface area contributed by atoms with Gasteiger partial charge in [0.2, 0.25) is 5.75 Å². The number of carbonyl (C=O) groups excluding carboxylic acids is 1. The van der Waals surface area contributed by atoms with Gasteiger partial charge in [-0.2, -0.15) is 0 Å². The molecule has 0 spiro atoms. The lowest BCUT2D eigenvalue weighted by Crippen LogP contribution is -2.28. The fraction of sp³-hybridized carbons (Fsp3) is 0.320. The van der Waals surface area contributed by atoms with Crippen LogP contribution in [0.25, 0.3) is 0 Å². The molecule has 1 N–H and O–H groups in total. The molecule has 1 aliphatic heterocycles. The van der Waals surface area contributed by atoms with Gasteiger partial charge in [-0.05, 0) is 41.7 Å². The predicted octanol–water partition coefficient (Wildman–Crippen LogP) is 4.02. The summed E-state index contributed by atoms with van der Waals surface area (Å²) in [5.41, 5.74) is 3.34. The third kappa shape index (κ3) is 5.09. The van der Waals surface area contributed by atoms with Crippen LogP contribution in [0, 0.1) is 0 Å². The highest BCUT2D eigenvalue weighted by Gasteiger charge is 2.33. The topological polar surface area (TPSA) is 66.0 Å². The molecule has 1 unspecified atom stereocenters. The normalized spacial score (nSPS) is 15.5. The van der Waals surface area contributed by atoms with Gasteiger partial charge in [0.05, 0.1) is 33.5 Å². The van der Waals surface area contributed by atoms with Gasteiger partial charge in [-0.15, -0.1) is 0 Å². The number of methoxy groups -OCH3 is 3. The fourth-order valence-electron chi connectivity index (χ4n) is 3.69. The molecular formula is C25H29NO5. The lowest BCUT2D eigenvalue weighted by Gasteiger charge is -2.19. The molecule has 0 bridgehead atoms. The van der Waals surface area contributed by atoms with Gasteiger partial charge < -0.3 is 24.3 Å². The van der Waals surface area contributed by atoms with Crippen LogP contribution in [0.4, 0.5) is 0 Å². The number of ether oxygens (including phenoxy) is 4. The zero-order valence-corrected chi connectivity index (χ0v) is 18.3. The van der Waals surface area contributed by atoms with Crippen LogP contribution in [0.5, 0.6) is 17.2 Å². The summed E-state index contributed by atoms with van der Waals surface area (Å²) in [6, 6.07) is 13.8. The van der Waals surface area contributed by atoms with Crippen molar-refractivity contribution in [1.29, 1.82) is 0 Å². The standard InChI is InChI=1S/C25H29NO5/c1-5-18-16-31-23(19-14-20(28-2)24(30-4)21(15-19)29-3)22(18)25(27)26-13-9-12-17-10-7-6-8-11-17/h5-8,10-11,14-15,23H,1,9,12-13,16H2,2-4H3,(H,26,27). The summed E-state index contributed by atoms with van der Waals surface area (Å²) in [4.78, 5) is 13.1. The highest BCUT2D eigenvalue weighted by molar-refractivity contribution is 5.96. The van der Waals surface area contributed by atoms with E-state index in [1.54, 1.807) is 39.5 Å². The van der Waals surface area contributed by atoms with Crippen LogP contribution >= 0.6 is 0 Å². The van der Waals surface area contributed by atoms with Crippen LogP contribution in [0.1, 0.15) is 23.7 Å². The molecule has 1 aliphatic rings. The second-order valence-corrected chi connectivity index (χ2v) is 7.14. The van der Waals surface area contributed by atoms with E-state index >= 15 is 0 Å². The number of carbonyl (C=O) groups is 1. The Morgan fingerprint density at radius 3 is 2.39 bits per heavy atom. The van der Waals surface area contributed by atoms with Crippen LogP contribution in [-0.4, -0.2) is 40.4 Å². The minimum atomic E-state index is -0.546. The third-order valence-corrected chi connectivity index (χ3v) is 5.27. The van der Waals surface area contributed by atoms with Gasteiger partial charge >= 0.3 is 0 Å². The average molecular weight is 424 g/mol. The molecule has 1 amide bonds. The molecule has 1 atom stereocenters. The maximum Gasteiger partial charge on any atom is 0.250 e. The summed E-state index contributed by atoms with van der Waals surface area (Å²) in [6.07, 6.45) is 2.89. The van der Waals surface area contributed by atoms with E-state index < -0.39 is 6.10 Å². The van der Waals surface area contributed by atoms with E-state index in [9.17, 15) is 4.79 Å². The number of aryl methyl sites for hydroxylation is 1. The average Bonchev–Trinajstić information content (AvgIpc) is 3.25. The Morgan fingerprint density at radius 1 is 1.13 bits per heavy atom. The van der Waals surface area contributed by atoms with Crippen molar-refractivity contribution in [3.8, 4) is 17.2 Å². The molecule has 6 heteroatoms. The summed E-state index contributed by atoms with van der Waals surface area (Å²) >= 11 is 0. The Morgan fingerprint density at radius 2 is 1.81 bits per heavy atom. The van der Waals surface area contributed by atoms with Gasteiger partial charge in [-0.25, -0.2) is 0 Å². The van der Waals surface area contributed by atoms with E-state index in [0.717, 1.165) is 24.0 Å². The van der Waals surface area contributed by atoms with E-state index in [4.69, 9.17) is 18.9 Å². The monoisotopic (exact) mass is 423 g/mol. The molecule has 0 radical (unpaired) electrons. The first-order chi connectivity index (χ1) is 15.1. The number of nitrogens with one attached hydrogen (secondary N) is 1. The van der Waals surface area contributed by atoms with E-state index in [1.165, 1.54) is 5.56 Å². The van der Waals surface area contributed by atoms with E-state index in [-0.39, 0.29) is 5.91 Å². The van der Waals surface area contributed by atoms with Crippen molar-refractivity contribution in [3.05, 3.63) is 77.4 Å². The van der Waals surface area contributed by atoms with Crippen LogP contribution < -0.4 is 19.5 Å². The lowest BCUT2D eigenvalue weighted by molar-refractivity contribution is -0.118. The zero-order chi connectivity index (χ0) is 22.2. The molecule has 1 heterocycles. The van der Waals surface area contributed by atoms with Gasteiger partial charge in [-0.3, -0.25) is 4.79 Å². The van der Waals surface area contributed by atoms with E-state index in [0.29, 0.717) is 36.0 Å². The molecule has 2 aromatic rings. The second kappa shape index (κ2) is 10.7. The van der Waals surface area contributed by atoms with Crippen molar-refractivity contribution in [1.82, 2.24) is 5.32 Å². The maximum absolute atomic E-state index is 13.1. The molecule has 0 aromatic heterocycles. The second-order valence-electron chi connectivity index (χ2n) is 7.14. The van der Waals surface area contributed by atoms with E-state index in [2.05, 4.69) is 24.0 Å². The summed E-state index contributed by atoms with van der Waals surface area (Å²) in [6.45, 7) is 4.74. The molecule has 0 fully saturated rings. The largest absolute Gasteiger partial charge is 0.493 e. The third-order valence-electron chi connectivity index (χ3n) is 5.27. The highest BCUT2D eigenvalue weighted by Crippen LogP contribution is 2.43. The smallest absolute Gasteiger partial charge is 0.250 e. The van der Waals surface area contributed by atoms with Crippen molar-refractivity contribution in [2.45, 2.75) is 18.9 Å². The Kier molecular flexibility index (Phi) is 7.73. The summed E-state index contributed by atoms with van der Waals surface area (Å²) in [7, 11) is 4.67. The zero-order valence-electron chi connectivity index (χ0n) is 18.3. The molecule has 0 saturated heterocycles. The Balaban J connectivity index is 1.76. The summed E-state index contributed by atoms with van der Waals surface area (Å²) in [5.74, 6) is 1.36. The SMILES string of the molecule is C=CC1=C(C(=O)NCCCc2ccccc2)C(c2cc(OC)c(OC)c(OC)c2)OC1. The number of amides is 1. The molecule has 0 saturated carbocycles. The first-order valence-corrected chi connectivity index (χ1v) is 10.2. The molecule has 0 aliphatic carbocycles. The minimum Gasteiger partial charge on any atom is -0.493 e. The van der Waals surface area contributed by atoms with Crippen LogP contribution in [-0.2, 0) is 16.0 Å². The van der Waals surface area contributed by atoms with Gasteiger partial charge in [0.1, 0.15) is 6.10 Å². The summed E-state index contributed by atoms with van der Waals surface area (Å²) < 4.78 is 22.3. The van der Waals surface area contributed by atoms with Crippen molar-refractivity contribution in [2.24, 2.45) is 0 Å². The fourth-order valence-corrected chi connectivity index (χ4v) is 3.69. The first kappa shape index (κ1) is 22.4. The molecular weight excluding hydrogens is 394 g/mol. The van der Waals surface area contributed by atoms with Gasteiger partial charge in [0, 0.05) is 6.54 Å². The molecule has 2 aromatic carbocycles. The van der Waals surface area contributed by atoms with Crippen molar-refractivity contribution >= 4 is 5.91 Å². The van der Waals surface area contributed by atoms with Gasteiger partial charge in [0.15, 0.2) is 11.5 Å². The lowest BCUT2D eigenvalue weighted by atomic mass is 9.97. The molecule has 164 valence electrons. The highest BCUT2D eigenvalue weighted by atomic mass is 16.5. The summed E-state index contributed by atoms with van der Waals surface area (Å²) in [5, 5.41) is 3.03. The van der Waals surface area contributed by atoms with Crippen LogP contribution in [0.2, 0.25) is 0 Å². The Hall–Kier alpha value is -3.25. The van der Waals surface area contributed by atoms with Crippen LogP contribution in [0.15, 0.2) is 66.3 Å². The maximum atomic E-state index is 13.1. The van der Waals surface area contributed by atoms with Crippen molar-refractivity contribution in [3.63, 3.8) is 0 Å². The number of benzene rings is 2. The Bertz CT molecular complexity index is 927. The molecule has 6 nitrogen and oxygen atoms in total. The quantitative estimate of drug-likeness (QED) is 0.585. The molecule has 31 heavy (non-hydrogen) atoms. The number of rotatable bonds is 10. The number of hydrogen-bond acceptors (Lipinski definition) is 5. The minimum absolute atomic E-state index is 0.154.